The van der Waals surface area contributed by atoms with Crippen LogP contribution in [0.15, 0.2) is 0 Å². The monoisotopic (exact) mass is 168 g/mol. The van der Waals surface area contributed by atoms with Crippen LogP contribution in [0, 0.1) is 0 Å². The zero-order valence-electron chi connectivity index (χ0n) is 4.37. The summed E-state index contributed by atoms with van der Waals surface area (Å²) in [7, 11) is 2.50. The third kappa shape index (κ3) is 6.80. The largest absolute Gasteiger partial charge is 0.288 e. The van der Waals surface area contributed by atoms with Crippen LogP contribution >= 0.6 is 34.5 Å². The molecule has 0 radical (unpaired) electrons. The first-order valence-corrected chi connectivity index (χ1v) is 3.91. The fourth-order valence-corrected chi connectivity index (χ4v) is 0.696. The number of carbonyl (C=O) groups excluding carboxylic acids is 1. The SMILES string of the molecule is O=C(S)CCC(P)S. The van der Waals surface area contributed by atoms with Crippen LogP contribution in [0.25, 0.3) is 0 Å². The molecule has 2 atom stereocenters. The van der Waals surface area contributed by atoms with E-state index in [-0.39, 0.29) is 10.1 Å². The molecule has 0 spiro atoms. The molecule has 2 unspecified atom stereocenters. The van der Waals surface area contributed by atoms with E-state index in [4.69, 9.17) is 0 Å². The van der Waals surface area contributed by atoms with Crippen molar-refractivity contribution in [2.75, 3.05) is 0 Å². The molecular formula is C4H9OPS2. The summed E-state index contributed by atoms with van der Waals surface area (Å²) in [6.45, 7) is 0. The zero-order chi connectivity index (χ0) is 6.57. The summed E-state index contributed by atoms with van der Waals surface area (Å²) in [4.78, 5) is 10.4. The van der Waals surface area contributed by atoms with Gasteiger partial charge in [-0.1, -0.05) is 0 Å². The first kappa shape index (κ1) is 8.80. The smallest absolute Gasteiger partial charge is 0.185 e. The molecule has 8 heavy (non-hydrogen) atoms. The molecule has 0 aliphatic heterocycles. The van der Waals surface area contributed by atoms with E-state index in [0.29, 0.717) is 6.42 Å². The van der Waals surface area contributed by atoms with Gasteiger partial charge in [0.1, 0.15) is 0 Å². The maximum Gasteiger partial charge on any atom is 0.185 e. The Morgan fingerprint density at radius 2 is 2.25 bits per heavy atom. The van der Waals surface area contributed by atoms with E-state index < -0.39 is 0 Å². The predicted octanol–water partition coefficient (Wildman–Crippen LogP) is 1.35. The van der Waals surface area contributed by atoms with Crippen molar-refractivity contribution in [1.29, 1.82) is 0 Å². The van der Waals surface area contributed by atoms with Crippen molar-refractivity contribution >= 4 is 39.6 Å². The van der Waals surface area contributed by atoms with Gasteiger partial charge in [-0.2, -0.15) is 12.6 Å². The minimum atomic E-state index is -0.0634. The summed E-state index contributed by atoms with van der Waals surface area (Å²) in [5.41, 5.74) is 0. The summed E-state index contributed by atoms with van der Waals surface area (Å²) in [5, 5.41) is -0.0634. The Morgan fingerprint density at radius 3 is 2.38 bits per heavy atom. The van der Waals surface area contributed by atoms with Gasteiger partial charge in [-0.05, 0) is 6.42 Å². The van der Waals surface area contributed by atoms with Gasteiger partial charge in [0.15, 0.2) is 5.12 Å². The van der Waals surface area contributed by atoms with E-state index in [9.17, 15) is 4.79 Å². The molecule has 0 fully saturated rings. The fourth-order valence-electron chi connectivity index (χ4n) is 0.271. The van der Waals surface area contributed by atoms with Crippen molar-refractivity contribution < 1.29 is 4.79 Å². The maximum atomic E-state index is 10.2. The Kier molecular flexibility index (Phi) is 5.12. The van der Waals surface area contributed by atoms with Crippen molar-refractivity contribution in [3.05, 3.63) is 0 Å². The second kappa shape index (κ2) is 4.66. The van der Waals surface area contributed by atoms with Gasteiger partial charge in [0.25, 0.3) is 0 Å². The molecule has 0 aliphatic carbocycles. The lowest BCUT2D eigenvalue weighted by molar-refractivity contribution is -0.110. The summed E-state index contributed by atoms with van der Waals surface area (Å²) in [6.07, 6.45) is 1.30. The highest BCUT2D eigenvalue weighted by Gasteiger charge is 1.97. The van der Waals surface area contributed by atoms with Crippen molar-refractivity contribution in [2.24, 2.45) is 0 Å². The maximum absolute atomic E-state index is 10.2. The molecule has 4 heteroatoms. The van der Waals surface area contributed by atoms with Crippen LogP contribution in [0.5, 0.6) is 0 Å². The van der Waals surface area contributed by atoms with Crippen LogP contribution in [0.2, 0.25) is 0 Å². The Bertz CT molecular complexity index is 84.1. The number of hydrogen-bond acceptors (Lipinski definition) is 2. The predicted molar refractivity (Wildman–Crippen MR) is 45.7 cm³/mol. The van der Waals surface area contributed by atoms with E-state index in [1.807, 2.05) is 0 Å². The highest BCUT2D eigenvalue weighted by molar-refractivity contribution is 7.96. The Labute approximate surface area is 62.6 Å². The second-order valence-electron chi connectivity index (χ2n) is 1.50. The molecule has 0 saturated carbocycles. The van der Waals surface area contributed by atoms with Crippen LogP contribution in [0.3, 0.4) is 0 Å². The standard InChI is InChI=1S/C4H9OPS2/c5-3(7)1-2-4(6)8/h4,8H,1-2,6H2,(H,5,7). The van der Waals surface area contributed by atoms with Crippen molar-refractivity contribution in [3.8, 4) is 0 Å². The molecule has 1 nitrogen and oxygen atoms in total. The summed E-state index contributed by atoms with van der Waals surface area (Å²) >= 11 is 7.64. The van der Waals surface area contributed by atoms with E-state index in [0.717, 1.165) is 6.42 Å². The Balaban J connectivity index is 3.05. The third-order valence-corrected chi connectivity index (χ3v) is 1.47. The number of thiol groups is 2. The summed E-state index contributed by atoms with van der Waals surface area (Å²) in [5.74, 6) is 0. The topological polar surface area (TPSA) is 17.1 Å². The van der Waals surface area contributed by atoms with Gasteiger partial charge < -0.3 is 0 Å². The second-order valence-corrected chi connectivity index (χ2v) is 4.03. The molecule has 0 aromatic rings. The van der Waals surface area contributed by atoms with Crippen LogP contribution in [0.1, 0.15) is 12.8 Å². The highest BCUT2D eigenvalue weighted by atomic mass is 32.1. The molecule has 48 valence electrons. The molecule has 0 amide bonds. The molecule has 0 aliphatic rings. The average molecular weight is 168 g/mol. The van der Waals surface area contributed by atoms with Crippen molar-refractivity contribution in [3.63, 3.8) is 0 Å². The Morgan fingerprint density at radius 1 is 1.75 bits per heavy atom. The molecule has 0 aromatic heterocycles. The normalized spacial score (nSPS) is 13.4. The summed E-state index contributed by atoms with van der Waals surface area (Å²) < 4.78 is 0. The number of carbonyl (C=O) groups is 1. The van der Waals surface area contributed by atoms with E-state index >= 15 is 0 Å². The van der Waals surface area contributed by atoms with E-state index in [2.05, 4.69) is 34.5 Å². The van der Waals surface area contributed by atoms with Crippen LogP contribution < -0.4 is 0 Å². The first-order valence-electron chi connectivity index (χ1n) is 2.28. The molecule has 0 N–H and O–H groups in total. The fraction of sp³-hybridized carbons (Fsp3) is 0.750. The minimum Gasteiger partial charge on any atom is -0.288 e. The minimum absolute atomic E-state index is 0.0634. The Hall–Kier alpha value is 0.800. The highest BCUT2D eigenvalue weighted by Crippen LogP contribution is 2.12. The van der Waals surface area contributed by atoms with Gasteiger partial charge >= 0.3 is 0 Å². The lowest BCUT2D eigenvalue weighted by Crippen LogP contribution is -1.91. The molecule has 0 aromatic carbocycles. The molecule has 0 saturated heterocycles. The van der Waals surface area contributed by atoms with Crippen LogP contribution in [-0.2, 0) is 4.79 Å². The lowest BCUT2D eigenvalue weighted by Gasteiger charge is -1.97. The lowest BCUT2D eigenvalue weighted by atomic mass is 10.4. The number of rotatable bonds is 3. The van der Waals surface area contributed by atoms with Gasteiger partial charge in [-0.3, -0.25) is 4.79 Å². The zero-order valence-corrected chi connectivity index (χ0v) is 7.32. The van der Waals surface area contributed by atoms with Crippen molar-refractivity contribution in [2.45, 2.75) is 17.8 Å². The molecule has 0 bridgehead atoms. The quantitative estimate of drug-likeness (QED) is 0.480. The first-order chi connectivity index (χ1) is 3.63. The number of hydrogen-bond donors (Lipinski definition) is 2. The average Bonchev–Trinajstić information content (AvgIpc) is 1.61. The van der Waals surface area contributed by atoms with Gasteiger partial charge in [-0.15, -0.1) is 21.9 Å². The van der Waals surface area contributed by atoms with Crippen LogP contribution in [0.4, 0.5) is 0 Å². The van der Waals surface area contributed by atoms with Crippen molar-refractivity contribution in [1.82, 2.24) is 0 Å². The summed E-state index contributed by atoms with van der Waals surface area (Å²) in [6, 6.07) is 0. The van der Waals surface area contributed by atoms with Gasteiger partial charge in [0, 0.05) is 11.4 Å². The van der Waals surface area contributed by atoms with Gasteiger partial charge in [0.05, 0.1) is 0 Å². The van der Waals surface area contributed by atoms with E-state index in [1.165, 1.54) is 0 Å². The van der Waals surface area contributed by atoms with Crippen LogP contribution in [-0.4, -0.2) is 10.1 Å². The van der Waals surface area contributed by atoms with E-state index in [1.54, 1.807) is 0 Å². The third-order valence-electron chi connectivity index (χ3n) is 0.654. The van der Waals surface area contributed by atoms with Gasteiger partial charge in [-0.25, -0.2) is 0 Å². The molecule has 0 heterocycles. The molecular weight excluding hydrogens is 159 g/mol. The van der Waals surface area contributed by atoms with Gasteiger partial charge in [0.2, 0.25) is 0 Å². The molecule has 0 rings (SSSR count).